The van der Waals surface area contributed by atoms with E-state index in [-0.39, 0.29) is 5.91 Å². The summed E-state index contributed by atoms with van der Waals surface area (Å²) < 4.78 is 8.63. The van der Waals surface area contributed by atoms with Crippen LogP contribution in [0.15, 0.2) is 70.6 Å². The lowest BCUT2D eigenvalue weighted by Crippen LogP contribution is -2.50. The Labute approximate surface area is 193 Å². The van der Waals surface area contributed by atoms with Crippen LogP contribution < -0.4 is 5.32 Å². The third-order valence-electron chi connectivity index (χ3n) is 5.80. The van der Waals surface area contributed by atoms with Crippen molar-refractivity contribution in [3.63, 3.8) is 0 Å². The molecule has 4 aromatic rings. The molecular weight excluding hydrogens is 474 g/mol. The number of benzene rings is 2. The Morgan fingerprint density at radius 1 is 1.16 bits per heavy atom. The molecule has 5 rings (SSSR count). The zero-order valence-corrected chi connectivity index (χ0v) is 19.3. The van der Waals surface area contributed by atoms with Crippen LogP contribution in [0.1, 0.15) is 24.1 Å². The fourth-order valence-corrected chi connectivity index (χ4v) is 5.44. The summed E-state index contributed by atoms with van der Waals surface area (Å²) in [6.07, 6.45) is 3.85. The Morgan fingerprint density at radius 3 is 2.74 bits per heavy atom. The number of carbonyl (C=O) groups is 1. The lowest BCUT2D eigenvalue weighted by molar-refractivity contribution is -0.123. The van der Waals surface area contributed by atoms with E-state index in [9.17, 15) is 4.79 Å². The number of imidazole rings is 1. The highest BCUT2D eigenvalue weighted by atomic mass is 79.9. The first-order valence-corrected chi connectivity index (χ1v) is 12.0. The quantitative estimate of drug-likeness (QED) is 0.414. The summed E-state index contributed by atoms with van der Waals surface area (Å²) in [7, 11) is 0. The summed E-state index contributed by atoms with van der Waals surface area (Å²) in [5.41, 5.74) is 3.65. The van der Waals surface area contributed by atoms with Crippen molar-refractivity contribution in [3.05, 3.63) is 81.9 Å². The van der Waals surface area contributed by atoms with Crippen LogP contribution in [0.25, 0.3) is 16.2 Å². The Morgan fingerprint density at radius 2 is 1.97 bits per heavy atom. The lowest BCUT2D eigenvalue weighted by atomic mass is 9.82. The number of halogens is 1. The van der Waals surface area contributed by atoms with E-state index in [4.69, 9.17) is 9.72 Å². The van der Waals surface area contributed by atoms with Gasteiger partial charge in [0, 0.05) is 40.5 Å². The number of rotatable bonds is 5. The van der Waals surface area contributed by atoms with E-state index in [1.165, 1.54) is 0 Å². The van der Waals surface area contributed by atoms with Crippen molar-refractivity contribution in [2.75, 3.05) is 13.2 Å². The van der Waals surface area contributed by atoms with Gasteiger partial charge in [0.2, 0.25) is 5.91 Å². The van der Waals surface area contributed by atoms with Crippen molar-refractivity contribution >= 4 is 38.1 Å². The van der Waals surface area contributed by atoms with Crippen molar-refractivity contribution in [3.8, 4) is 11.3 Å². The Kier molecular flexibility index (Phi) is 5.65. The van der Waals surface area contributed by atoms with Gasteiger partial charge in [-0.2, -0.15) is 0 Å². The minimum absolute atomic E-state index is 0.0107. The van der Waals surface area contributed by atoms with E-state index in [0.29, 0.717) is 19.6 Å². The zero-order valence-electron chi connectivity index (χ0n) is 16.9. The number of carbonyl (C=O) groups excluding carboxylic acids is 1. The molecule has 0 aliphatic carbocycles. The fraction of sp³-hybridized carbons (Fsp3) is 0.250. The second-order valence-corrected chi connectivity index (χ2v) is 9.55. The van der Waals surface area contributed by atoms with Gasteiger partial charge >= 0.3 is 0 Å². The number of amides is 1. The van der Waals surface area contributed by atoms with E-state index in [2.05, 4.69) is 33.4 Å². The van der Waals surface area contributed by atoms with Crippen LogP contribution in [-0.4, -0.2) is 28.5 Å². The molecule has 1 aliphatic heterocycles. The monoisotopic (exact) mass is 495 g/mol. The van der Waals surface area contributed by atoms with Crippen molar-refractivity contribution in [1.29, 1.82) is 0 Å². The Hall–Kier alpha value is -2.48. The van der Waals surface area contributed by atoms with E-state index in [0.717, 1.165) is 44.8 Å². The van der Waals surface area contributed by atoms with Gasteiger partial charge in [-0.3, -0.25) is 9.20 Å². The smallest absolute Gasteiger partial charge is 0.226 e. The highest BCUT2D eigenvalue weighted by molar-refractivity contribution is 9.10. The molecule has 1 N–H and O–H groups in total. The first kappa shape index (κ1) is 20.4. The van der Waals surface area contributed by atoms with Crippen LogP contribution in [-0.2, 0) is 21.5 Å². The molecule has 0 unspecified atom stereocenters. The van der Waals surface area contributed by atoms with Crippen LogP contribution >= 0.6 is 27.3 Å². The Balaban J connectivity index is 1.39. The highest BCUT2D eigenvalue weighted by Gasteiger charge is 2.36. The predicted octanol–water partition coefficient (Wildman–Crippen LogP) is 5.19. The maximum Gasteiger partial charge on any atom is 0.226 e. The summed E-state index contributed by atoms with van der Waals surface area (Å²) in [4.78, 5) is 18.8. The van der Waals surface area contributed by atoms with Crippen LogP contribution in [0.4, 0.5) is 0 Å². The Bertz CT molecular complexity index is 1210. The molecule has 0 saturated carbocycles. The molecule has 0 spiro atoms. The number of hydrogen-bond donors (Lipinski definition) is 1. The summed E-state index contributed by atoms with van der Waals surface area (Å²) in [6.45, 7) is 1.27. The van der Waals surface area contributed by atoms with E-state index in [1.807, 2.05) is 58.4 Å². The topological polar surface area (TPSA) is 55.6 Å². The number of ether oxygens (including phenoxy) is 1. The van der Waals surface area contributed by atoms with Gasteiger partial charge in [-0.1, -0.05) is 58.4 Å². The molecule has 158 valence electrons. The van der Waals surface area contributed by atoms with Crippen LogP contribution in [0.5, 0.6) is 0 Å². The minimum atomic E-state index is -0.404. The number of thiazole rings is 1. The zero-order chi connectivity index (χ0) is 21.3. The van der Waals surface area contributed by atoms with Gasteiger partial charge in [-0.15, -0.1) is 11.3 Å². The second-order valence-electron chi connectivity index (χ2n) is 7.80. The summed E-state index contributed by atoms with van der Waals surface area (Å²) in [5, 5.41) is 5.37. The molecule has 0 radical (unpaired) electrons. The second kappa shape index (κ2) is 8.57. The average Bonchev–Trinajstić information content (AvgIpc) is 3.37. The largest absolute Gasteiger partial charge is 0.381 e. The molecule has 7 heteroatoms. The molecule has 2 aromatic heterocycles. The van der Waals surface area contributed by atoms with Gasteiger partial charge in [-0.25, -0.2) is 4.98 Å². The van der Waals surface area contributed by atoms with Crippen molar-refractivity contribution in [2.45, 2.75) is 24.8 Å². The van der Waals surface area contributed by atoms with Crippen LogP contribution in [0, 0.1) is 0 Å². The van der Waals surface area contributed by atoms with E-state index in [1.54, 1.807) is 11.3 Å². The van der Waals surface area contributed by atoms with Crippen molar-refractivity contribution < 1.29 is 9.53 Å². The van der Waals surface area contributed by atoms with Gasteiger partial charge in [0.05, 0.1) is 17.7 Å². The first-order valence-electron chi connectivity index (χ1n) is 10.3. The normalized spacial score (nSPS) is 15.8. The molecule has 1 amide bonds. The molecule has 1 saturated heterocycles. The summed E-state index contributed by atoms with van der Waals surface area (Å²) in [6, 6.07) is 18.3. The molecular formula is C24H22BrN3O2S. The molecule has 2 aromatic carbocycles. The van der Waals surface area contributed by atoms with Gasteiger partial charge in [0.1, 0.15) is 0 Å². The van der Waals surface area contributed by atoms with Crippen molar-refractivity contribution in [1.82, 2.24) is 14.7 Å². The SMILES string of the molecule is O=C(Cc1csc2nc(-c3ccccc3)cn12)NC1(c2cccc(Br)c2)CCOCC1. The van der Waals surface area contributed by atoms with E-state index >= 15 is 0 Å². The predicted molar refractivity (Wildman–Crippen MR) is 126 cm³/mol. The highest BCUT2D eigenvalue weighted by Crippen LogP contribution is 2.34. The number of aromatic nitrogens is 2. The fourth-order valence-electron chi connectivity index (χ4n) is 4.17. The average molecular weight is 496 g/mol. The van der Waals surface area contributed by atoms with E-state index < -0.39 is 5.54 Å². The number of nitrogens with zero attached hydrogens (tertiary/aromatic N) is 2. The van der Waals surface area contributed by atoms with Gasteiger partial charge < -0.3 is 10.1 Å². The molecule has 0 atom stereocenters. The lowest BCUT2D eigenvalue weighted by Gasteiger charge is -2.38. The third kappa shape index (κ3) is 4.18. The maximum absolute atomic E-state index is 13.2. The number of nitrogens with one attached hydrogen (secondary N) is 1. The molecule has 5 nitrogen and oxygen atoms in total. The number of fused-ring (bicyclic) bond motifs is 1. The first-order chi connectivity index (χ1) is 15.1. The van der Waals surface area contributed by atoms with Gasteiger partial charge in [-0.05, 0) is 30.5 Å². The van der Waals surface area contributed by atoms with Crippen molar-refractivity contribution in [2.24, 2.45) is 0 Å². The molecule has 3 heterocycles. The number of hydrogen-bond acceptors (Lipinski definition) is 4. The molecule has 0 bridgehead atoms. The van der Waals surface area contributed by atoms with Crippen LogP contribution in [0.2, 0.25) is 0 Å². The minimum Gasteiger partial charge on any atom is -0.381 e. The molecule has 1 fully saturated rings. The van der Waals surface area contributed by atoms with Gasteiger partial charge in [0.25, 0.3) is 0 Å². The summed E-state index contributed by atoms with van der Waals surface area (Å²) >= 11 is 5.12. The van der Waals surface area contributed by atoms with Crippen LogP contribution in [0.3, 0.4) is 0 Å². The summed E-state index contributed by atoms with van der Waals surface area (Å²) in [5.74, 6) is 0.0107. The maximum atomic E-state index is 13.2. The molecule has 1 aliphatic rings. The standard InChI is InChI=1S/C24H22BrN3O2S/c25-19-8-4-7-18(13-19)24(9-11-30-12-10-24)27-22(29)14-20-16-31-23-26-21(15-28(20)23)17-5-2-1-3-6-17/h1-8,13,15-16H,9-12,14H2,(H,27,29). The molecule has 31 heavy (non-hydrogen) atoms. The third-order valence-corrected chi connectivity index (χ3v) is 7.18. The van der Waals surface area contributed by atoms with Gasteiger partial charge in [0.15, 0.2) is 4.96 Å².